The van der Waals surface area contributed by atoms with Crippen molar-refractivity contribution < 1.29 is 19.4 Å². The molecule has 0 aliphatic heterocycles. The molecule has 4 aromatic rings. The van der Waals surface area contributed by atoms with E-state index < -0.39 is 12.1 Å². The summed E-state index contributed by atoms with van der Waals surface area (Å²) in [5.41, 5.74) is 5.89. The van der Waals surface area contributed by atoms with Crippen LogP contribution in [0.15, 0.2) is 85.3 Å². The number of hydrogen-bond donors (Lipinski definition) is 1. The van der Waals surface area contributed by atoms with Crippen molar-refractivity contribution in [2.75, 3.05) is 11.5 Å². The predicted molar refractivity (Wildman–Crippen MR) is 128 cm³/mol. The van der Waals surface area contributed by atoms with Gasteiger partial charge in [-0.3, -0.25) is 4.90 Å². The van der Waals surface area contributed by atoms with Crippen LogP contribution in [-0.4, -0.2) is 33.3 Å². The Morgan fingerprint density at radius 1 is 1.00 bits per heavy atom. The number of anilines is 1. The molecule has 1 aromatic heterocycles. The number of carboxylic acids is 1. The largest absolute Gasteiger partial charge is 0.478 e. The number of fused-ring (bicyclic) bond motifs is 3. The summed E-state index contributed by atoms with van der Waals surface area (Å²) in [6.45, 7) is 0.365. The monoisotopic (exact) mass is 453 g/mol. The first kappa shape index (κ1) is 21.5. The molecule has 7 heteroatoms. The maximum absolute atomic E-state index is 13.4. The van der Waals surface area contributed by atoms with Crippen LogP contribution in [-0.2, 0) is 18.3 Å². The fourth-order valence-electron chi connectivity index (χ4n) is 4.44. The van der Waals surface area contributed by atoms with E-state index in [9.17, 15) is 14.7 Å². The Labute approximate surface area is 196 Å². The van der Waals surface area contributed by atoms with E-state index in [1.165, 1.54) is 17.0 Å². The first-order valence-electron chi connectivity index (χ1n) is 10.9. The highest BCUT2D eigenvalue weighted by molar-refractivity contribution is 5.92. The Hall–Kier alpha value is -4.39. The molecule has 7 nitrogen and oxygen atoms in total. The van der Waals surface area contributed by atoms with Crippen LogP contribution in [0.3, 0.4) is 0 Å². The van der Waals surface area contributed by atoms with Crippen LogP contribution in [0.2, 0.25) is 0 Å². The van der Waals surface area contributed by atoms with E-state index in [0.717, 1.165) is 27.9 Å². The SMILES string of the molecule is Cn1cncc1CN(C(=O)OCC1c2ccccc2-c2ccccc21)c1cccc(C(=O)O)c1. The molecule has 0 unspecified atom stereocenters. The second kappa shape index (κ2) is 8.86. The molecule has 0 atom stereocenters. The molecule has 1 N–H and O–H groups in total. The Balaban J connectivity index is 1.43. The third kappa shape index (κ3) is 3.92. The van der Waals surface area contributed by atoms with Crippen LogP contribution in [0.5, 0.6) is 0 Å². The average molecular weight is 453 g/mol. The van der Waals surface area contributed by atoms with Crippen molar-refractivity contribution in [2.24, 2.45) is 7.05 Å². The lowest BCUT2D eigenvalue weighted by Crippen LogP contribution is -2.33. The van der Waals surface area contributed by atoms with Gasteiger partial charge in [-0.1, -0.05) is 54.6 Å². The average Bonchev–Trinajstić information content (AvgIpc) is 3.41. The predicted octanol–water partition coefficient (Wildman–Crippen LogP) is 5.07. The van der Waals surface area contributed by atoms with Gasteiger partial charge in [0.15, 0.2) is 0 Å². The summed E-state index contributed by atoms with van der Waals surface area (Å²) in [5, 5.41) is 9.41. The lowest BCUT2D eigenvalue weighted by atomic mass is 9.98. The minimum atomic E-state index is -1.06. The molecule has 1 aliphatic carbocycles. The number of carboxylic acid groups (broad SMARTS) is 1. The zero-order valence-electron chi connectivity index (χ0n) is 18.6. The van der Waals surface area contributed by atoms with Gasteiger partial charge in [0.05, 0.1) is 24.1 Å². The summed E-state index contributed by atoms with van der Waals surface area (Å²) in [6.07, 6.45) is 2.77. The first-order chi connectivity index (χ1) is 16.5. The van der Waals surface area contributed by atoms with Gasteiger partial charge in [-0.05, 0) is 40.5 Å². The molecular formula is C27H23N3O4. The number of carbonyl (C=O) groups is 2. The van der Waals surface area contributed by atoms with Crippen LogP contribution in [0.1, 0.15) is 33.1 Å². The van der Waals surface area contributed by atoms with Gasteiger partial charge in [0.25, 0.3) is 0 Å². The summed E-state index contributed by atoms with van der Waals surface area (Å²) in [7, 11) is 1.84. The highest BCUT2D eigenvalue weighted by Crippen LogP contribution is 2.44. The maximum Gasteiger partial charge on any atom is 0.414 e. The number of amides is 1. The van der Waals surface area contributed by atoms with Gasteiger partial charge >= 0.3 is 12.1 Å². The van der Waals surface area contributed by atoms with E-state index in [1.54, 1.807) is 24.7 Å². The fourth-order valence-corrected chi connectivity index (χ4v) is 4.44. The summed E-state index contributed by atoms with van der Waals surface area (Å²) < 4.78 is 7.67. The number of carbonyl (C=O) groups excluding carboxylic acids is 1. The summed E-state index contributed by atoms with van der Waals surface area (Å²) in [6, 6.07) is 22.6. The molecule has 0 fully saturated rings. The highest BCUT2D eigenvalue weighted by Gasteiger charge is 2.30. The van der Waals surface area contributed by atoms with Crippen LogP contribution in [0.25, 0.3) is 11.1 Å². The summed E-state index contributed by atoms with van der Waals surface area (Å²) in [4.78, 5) is 30.4. The van der Waals surface area contributed by atoms with Crippen molar-refractivity contribution in [3.8, 4) is 11.1 Å². The third-order valence-electron chi connectivity index (χ3n) is 6.20. The van der Waals surface area contributed by atoms with Crippen molar-refractivity contribution >= 4 is 17.7 Å². The molecule has 0 saturated heterocycles. The van der Waals surface area contributed by atoms with E-state index in [1.807, 2.05) is 35.9 Å². The van der Waals surface area contributed by atoms with Crippen LogP contribution in [0, 0.1) is 0 Å². The third-order valence-corrected chi connectivity index (χ3v) is 6.20. The van der Waals surface area contributed by atoms with E-state index in [0.29, 0.717) is 5.69 Å². The van der Waals surface area contributed by atoms with Crippen molar-refractivity contribution in [1.29, 1.82) is 0 Å². The summed E-state index contributed by atoms with van der Waals surface area (Å²) >= 11 is 0. The van der Waals surface area contributed by atoms with Gasteiger partial charge in [0.1, 0.15) is 6.61 Å². The lowest BCUT2D eigenvalue weighted by Gasteiger charge is -2.24. The Morgan fingerprint density at radius 2 is 1.68 bits per heavy atom. The zero-order chi connectivity index (χ0) is 23.7. The molecular weight excluding hydrogens is 430 g/mol. The van der Waals surface area contributed by atoms with E-state index >= 15 is 0 Å². The van der Waals surface area contributed by atoms with Crippen LogP contribution < -0.4 is 4.90 Å². The quantitative estimate of drug-likeness (QED) is 0.440. The molecule has 0 saturated carbocycles. The van der Waals surface area contributed by atoms with Gasteiger partial charge in [0.2, 0.25) is 0 Å². The Bertz CT molecular complexity index is 1330. The summed E-state index contributed by atoms with van der Waals surface area (Å²) in [5.74, 6) is -1.13. The van der Waals surface area contributed by atoms with Crippen molar-refractivity contribution in [3.05, 3.63) is 108 Å². The number of benzene rings is 3. The molecule has 0 spiro atoms. The second-order valence-electron chi connectivity index (χ2n) is 8.24. The van der Waals surface area contributed by atoms with E-state index in [4.69, 9.17) is 4.74 Å². The van der Waals surface area contributed by atoms with Gasteiger partial charge in [-0.15, -0.1) is 0 Å². The molecule has 1 heterocycles. The molecule has 5 rings (SSSR count). The molecule has 34 heavy (non-hydrogen) atoms. The van der Waals surface area contributed by atoms with Gasteiger partial charge < -0.3 is 14.4 Å². The smallest absolute Gasteiger partial charge is 0.414 e. The normalized spacial score (nSPS) is 12.1. The number of imidazole rings is 1. The number of ether oxygens (including phenoxy) is 1. The van der Waals surface area contributed by atoms with E-state index in [-0.39, 0.29) is 24.6 Å². The van der Waals surface area contributed by atoms with Crippen molar-refractivity contribution in [1.82, 2.24) is 9.55 Å². The Kier molecular flexibility index (Phi) is 5.59. The number of aryl methyl sites for hydroxylation is 1. The molecule has 3 aromatic carbocycles. The lowest BCUT2D eigenvalue weighted by molar-refractivity contribution is 0.0696. The van der Waals surface area contributed by atoms with E-state index in [2.05, 4.69) is 29.2 Å². The second-order valence-corrected chi connectivity index (χ2v) is 8.24. The minimum absolute atomic E-state index is 0.0692. The molecule has 1 aliphatic rings. The van der Waals surface area contributed by atoms with Gasteiger partial charge in [-0.25, -0.2) is 14.6 Å². The number of nitrogens with zero attached hydrogens (tertiary/aromatic N) is 3. The number of hydrogen-bond acceptors (Lipinski definition) is 4. The molecule has 0 bridgehead atoms. The Morgan fingerprint density at radius 3 is 2.29 bits per heavy atom. The number of aromatic nitrogens is 2. The van der Waals surface area contributed by atoms with Crippen LogP contribution >= 0.6 is 0 Å². The molecule has 1 amide bonds. The van der Waals surface area contributed by atoms with Crippen LogP contribution in [0.4, 0.5) is 10.5 Å². The standard InChI is InChI=1S/C27H23N3O4/c1-29-17-28-14-20(29)15-30(19-8-6-7-18(13-19)26(31)32)27(33)34-16-25-23-11-4-2-9-21(23)22-10-3-5-12-24(22)25/h2-14,17,25H,15-16H2,1H3,(H,31,32). The minimum Gasteiger partial charge on any atom is -0.478 e. The van der Waals surface area contributed by atoms with Gasteiger partial charge in [-0.2, -0.15) is 0 Å². The topological polar surface area (TPSA) is 84.7 Å². The van der Waals surface area contributed by atoms with Crippen molar-refractivity contribution in [2.45, 2.75) is 12.5 Å². The maximum atomic E-state index is 13.4. The highest BCUT2D eigenvalue weighted by atomic mass is 16.6. The fraction of sp³-hybridized carbons (Fsp3) is 0.148. The molecule has 170 valence electrons. The zero-order valence-corrected chi connectivity index (χ0v) is 18.6. The first-order valence-corrected chi connectivity index (χ1v) is 10.9. The van der Waals surface area contributed by atoms with Gasteiger partial charge in [0, 0.05) is 24.8 Å². The van der Waals surface area contributed by atoms with Crippen molar-refractivity contribution in [3.63, 3.8) is 0 Å². The molecule has 0 radical (unpaired) electrons. The number of aromatic carboxylic acids is 1. The number of rotatable bonds is 6.